The Hall–Kier alpha value is -3.09. The smallest absolute Gasteiger partial charge is 0.315 e. The summed E-state index contributed by atoms with van der Waals surface area (Å²) in [6, 6.07) is 10.7. The second kappa shape index (κ2) is 8.84. The zero-order chi connectivity index (χ0) is 19.1. The molecule has 1 aromatic heterocycles. The van der Waals surface area contributed by atoms with Crippen molar-refractivity contribution in [1.82, 2.24) is 20.5 Å². The van der Waals surface area contributed by atoms with Crippen molar-refractivity contribution in [2.24, 2.45) is 0 Å². The summed E-state index contributed by atoms with van der Waals surface area (Å²) in [5, 5.41) is 5.63. The Morgan fingerprint density at radius 1 is 0.923 bits per heavy atom. The number of urea groups is 1. The summed E-state index contributed by atoms with van der Waals surface area (Å²) >= 11 is 0. The molecule has 26 heavy (non-hydrogen) atoms. The number of hydrogen-bond donors (Lipinski definition) is 2. The molecular weight excluding hydrogens is 330 g/mol. The Balaban J connectivity index is 1.81. The van der Waals surface area contributed by atoms with Gasteiger partial charge in [-0.05, 0) is 35.4 Å². The van der Waals surface area contributed by atoms with Gasteiger partial charge < -0.3 is 20.4 Å². The zero-order valence-corrected chi connectivity index (χ0v) is 15.6. The minimum absolute atomic E-state index is 0.0447. The molecule has 2 rings (SSSR count). The van der Waals surface area contributed by atoms with Crippen LogP contribution in [0, 0.1) is 0 Å². The first-order valence-corrected chi connectivity index (χ1v) is 8.31. The van der Waals surface area contributed by atoms with Gasteiger partial charge in [0.05, 0.1) is 0 Å². The maximum atomic E-state index is 12.0. The van der Waals surface area contributed by atoms with Crippen LogP contribution in [0.1, 0.15) is 21.5 Å². The number of hydrogen-bond acceptors (Lipinski definition) is 4. The van der Waals surface area contributed by atoms with Gasteiger partial charge in [0.25, 0.3) is 5.91 Å². The molecule has 138 valence electrons. The van der Waals surface area contributed by atoms with E-state index in [1.807, 2.05) is 43.3 Å². The minimum atomic E-state index is -0.248. The third-order valence-electron chi connectivity index (χ3n) is 3.78. The van der Waals surface area contributed by atoms with Crippen molar-refractivity contribution in [3.8, 4) is 0 Å². The highest BCUT2D eigenvalue weighted by atomic mass is 16.2. The van der Waals surface area contributed by atoms with Gasteiger partial charge in [-0.1, -0.05) is 12.1 Å². The number of pyridine rings is 1. The molecule has 0 radical (unpaired) electrons. The normalized spacial score (nSPS) is 10.2. The molecule has 3 amide bonds. The quantitative estimate of drug-likeness (QED) is 0.829. The molecule has 0 spiro atoms. The number of carbonyl (C=O) groups is 2. The van der Waals surface area contributed by atoms with Crippen LogP contribution in [0.25, 0.3) is 0 Å². The van der Waals surface area contributed by atoms with Gasteiger partial charge in [0.15, 0.2) is 0 Å². The van der Waals surface area contributed by atoms with Gasteiger partial charge in [-0.15, -0.1) is 0 Å². The van der Waals surface area contributed by atoms with E-state index in [0.29, 0.717) is 18.7 Å². The van der Waals surface area contributed by atoms with Crippen molar-refractivity contribution in [2.45, 2.75) is 13.1 Å². The lowest BCUT2D eigenvalue weighted by Gasteiger charge is -2.13. The van der Waals surface area contributed by atoms with E-state index < -0.39 is 0 Å². The average Bonchev–Trinajstić information content (AvgIpc) is 2.64. The molecule has 1 heterocycles. The molecule has 0 unspecified atom stereocenters. The summed E-state index contributed by atoms with van der Waals surface area (Å²) in [7, 11) is 7.27. The van der Waals surface area contributed by atoms with Crippen LogP contribution in [0.2, 0.25) is 0 Å². The minimum Gasteiger partial charge on any atom is -0.363 e. The van der Waals surface area contributed by atoms with Crippen molar-refractivity contribution in [1.29, 1.82) is 0 Å². The van der Waals surface area contributed by atoms with Crippen molar-refractivity contribution < 1.29 is 9.59 Å². The Bertz CT molecular complexity index is 757. The van der Waals surface area contributed by atoms with Crippen LogP contribution in [0.3, 0.4) is 0 Å². The maximum Gasteiger partial charge on any atom is 0.315 e. The number of anilines is 1. The monoisotopic (exact) mass is 355 g/mol. The molecular formula is C19H25N5O2. The maximum absolute atomic E-state index is 12.0. The van der Waals surface area contributed by atoms with E-state index in [9.17, 15) is 9.59 Å². The molecule has 0 aliphatic rings. The van der Waals surface area contributed by atoms with E-state index in [1.165, 1.54) is 4.90 Å². The van der Waals surface area contributed by atoms with E-state index >= 15 is 0 Å². The highest BCUT2D eigenvalue weighted by Crippen LogP contribution is 2.09. The number of aromatic nitrogens is 1. The van der Waals surface area contributed by atoms with Gasteiger partial charge in [-0.25, -0.2) is 9.78 Å². The predicted octanol–water partition coefficient (Wildman–Crippen LogP) is 1.85. The first-order valence-electron chi connectivity index (χ1n) is 8.31. The van der Waals surface area contributed by atoms with Crippen molar-refractivity contribution in [3.63, 3.8) is 0 Å². The Labute approximate surface area is 154 Å². The molecule has 7 nitrogen and oxygen atoms in total. The third-order valence-corrected chi connectivity index (χ3v) is 3.78. The first-order chi connectivity index (χ1) is 12.4. The van der Waals surface area contributed by atoms with Gasteiger partial charge in [0, 0.05) is 53.0 Å². The summed E-state index contributed by atoms with van der Waals surface area (Å²) < 4.78 is 0. The van der Waals surface area contributed by atoms with E-state index in [4.69, 9.17) is 0 Å². The molecule has 0 bridgehead atoms. The number of nitrogens with one attached hydrogen (secondary N) is 2. The van der Waals surface area contributed by atoms with Crippen LogP contribution < -0.4 is 15.5 Å². The second-order valence-electron chi connectivity index (χ2n) is 6.35. The molecule has 0 saturated carbocycles. The van der Waals surface area contributed by atoms with Gasteiger partial charge in [0.1, 0.15) is 5.82 Å². The number of rotatable bonds is 6. The van der Waals surface area contributed by atoms with Gasteiger partial charge in [-0.2, -0.15) is 0 Å². The fraction of sp³-hybridized carbons (Fsp3) is 0.316. The Morgan fingerprint density at radius 3 is 2.12 bits per heavy atom. The lowest BCUT2D eigenvalue weighted by atomic mass is 10.1. The molecule has 0 fully saturated rings. The lowest BCUT2D eigenvalue weighted by molar-refractivity contribution is 0.0827. The second-order valence-corrected chi connectivity index (χ2v) is 6.35. The highest BCUT2D eigenvalue weighted by Gasteiger charge is 2.08. The van der Waals surface area contributed by atoms with Gasteiger partial charge in [-0.3, -0.25) is 4.79 Å². The fourth-order valence-electron chi connectivity index (χ4n) is 2.27. The van der Waals surface area contributed by atoms with Crippen LogP contribution in [0.4, 0.5) is 10.6 Å². The van der Waals surface area contributed by atoms with E-state index in [0.717, 1.165) is 16.9 Å². The Morgan fingerprint density at radius 2 is 1.54 bits per heavy atom. The van der Waals surface area contributed by atoms with Crippen molar-refractivity contribution >= 4 is 17.8 Å². The molecule has 0 saturated heterocycles. The first kappa shape index (κ1) is 19.2. The van der Waals surface area contributed by atoms with Crippen LogP contribution in [-0.2, 0) is 13.1 Å². The van der Waals surface area contributed by atoms with E-state index in [1.54, 1.807) is 32.4 Å². The summed E-state index contributed by atoms with van der Waals surface area (Å²) in [5.41, 5.74) is 2.53. The number of benzene rings is 1. The fourth-order valence-corrected chi connectivity index (χ4v) is 2.27. The summed E-state index contributed by atoms with van der Waals surface area (Å²) in [6.45, 7) is 0.813. The van der Waals surface area contributed by atoms with Crippen LogP contribution >= 0.6 is 0 Å². The van der Waals surface area contributed by atoms with Crippen molar-refractivity contribution in [2.75, 3.05) is 33.1 Å². The lowest BCUT2D eigenvalue weighted by Crippen LogP contribution is -2.34. The van der Waals surface area contributed by atoms with Crippen LogP contribution in [-0.4, -0.2) is 50.0 Å². The Kier molecular flexibility index (Phi) is 6.54. The van der Waals surface area contributed by atoms with Crippen LogP contribution in [0.5, 0.6) is 0 Å². The van der Waals surface area contributed by atoms with Crippen LogP contribution in [0.15, 0.2) is 42.6 Å². The molecule has 7 heteroatoms. The largest absolute Gasteiger partial charge is 0.363 e. The van der Waals surface area contributed by atoms with Gasteiger partial charge >= 0.3 is 6.03 Å². The number of nitrogens with zero attached hydrogens (tertiary/aromatic N) is 3. The molecule has 1 aromatic carbocycles. The third kappa shape index (κ3) is 5.47. The topological polar surface area (TPSA) is 77.6 Å². The number of carbonyl (C=O) groups excluding carboxylic acids is 2. The predicted molar refractivity (Wildman–Crippen MR) is 102 cm³/mol. The highest BCUT2D eigenvalue weighted by molar-refractivity contribution is 5.93. The standard InChI is InChI=1S/C19H25N5O2/c1-23(2)17-11-15(9-10-20-17)13-22-19(26)21-12-14-5-7-16(8-6-14)18(25)24(3)4/h5-11H,12-13H2,1-4H3,(H2,21,22,26). The summed E-state index contributed by atoms with van der Waals surface area (Å²) in [4.78, 5) is 31.5. The molecule has 0 aliphatic heterocycles. The summed E-state index contributed by atoms with van der Waals surface area (Å²) in [5.74, 6) is 0.800. The zero-order valence-electron chi connectivity index (χ0n) is 15.6. The average molecular weight is 355 g/mol. The molecule has 2 aromatic rings. The number of amides is 3. The summed E-state index contributed by atoms with van der Waals surface area (Å²) in [6.07, 6.45) is 1.72. The van der Waals surface area contributed by atoms with Gasteiger partial charge in [0.2, 0.25) is 0 Å². The molecule has 0 aliphatic carbocycles. The van der Waals surface area contributed by atoms with E-state index in [2.05, 4.69) is 15.6 Å². The molecule has 0 atom stereocenters. The van der Waals surface area contributed by atoms with E-state index in [-0.39, 0.29) is 11.9 Å². The van der Waals surface area contributed by atoms with Crippen molar-refractivity contribution in [3.05, 3.63) is 59.3 Å². The molecule has 2 N–H and O–H groups in total. The SMILES string of the molecule is CN(C)C(=O)c1ccc(CNC(=O)NCc2ccnc(N(C)C)c2)cc1.